The molecule has 0 aliphatic carbocycles. The van der Waals surface area contributed by atoms with Crippen molar-refractivity contribution in [3.63, 3.8) is 0 Å². The summed E-state index contributed by atoms with van der Waals surface area (Å²) in [5.74, 6) is -0.432. The average Bonchev–Trinajstić information content (AvgIpc) is 2.37. The van der Waals surface area contributed by atoms with Gasteiger partial charge in [0.1, 0.15) is 17.9 Å². The number of benzene rings is 1. The number of amides is 1. The minimum atomic E-state index is -0.865. The van der Waals surface area contributed by atoms with E-state index in [4.69, 9.17) is 0 Å². The zero-order valence-electron chi connectivity index (χ0n) is 13.0. The second-order valence-electron chi connectivity index (χ2n) is 5.96. The van der Waals surface area contributed by atoms with E-state index in [9.17, 15) is 14.4 Å². The second kappa shape index (κ2) is 7.19. The van der Waals surface area contributed by atoms with E-state index < -0.39 is 5.54 Å². The highest BCUT2D eigenvalue weighted by Crippen LogP contribution is 2.14. The number of quaternary nitrogens is 1. The van der Waals surface area contributed by atoms with Crippen molar-refractivity contribution in [2.45, 2.75) is 32.9 Å². The number of carbonyl (C=O) groups is 1. The first kappa shape index (κ1) is 17.1. The first-order chi connectivity index (χ1) is 9.76. The van der Waals surface area contributed by atoms with E-state index in [1.54, 1.807) is 13.0 Å². The van der Waals surface area contributed by atoms with Crippen molar-refractivity contribution >= 4 is 5.91 Å². The molecule has 5 heteroatoms. The van der Waals surface area contributed by atoms with E-state index >= 15 is 0 Å². The minimum Gasteiger partial charge on any atom is -0.333 e. The molecule has 1 amide bonds. The summed E-state index contributed by atoms with van der Waals surface area (Å²) in [5, 5.41) is 12.0. The summed E-state index contributed by atoms with van der Waals surface area (Å²) in [6.07, 6.45) is 0. The zero-order valence-corrected chi connectivity index (χ0v) is 13.0. The molecule has 4 nitrogen and oxygen atoms in total. The van der Waals surface area contributed by atoms with Gasteiger partial charge in [0.15, 0.2) is 6.54 Å². The van der Waals surface area contributed by atoms with Gasteiger partial charge in [-0.2, -0.15) is 5.26 Å². The van der Waals surface area contributed by atoms with Crippen LogP contribution in [0.15, 0.2) is 24.3 Å². The maximum absolute atomic E-state index is 13.1. The highest BCUT2D eigenvalue weighted by molar-refractivity contribution is 5.78. The number of nitrogens with zero attached hydrogens (tertiary/aromatic N) is 1. The normalized spacial score (nSPS) is 15.1. The van der Waals surface area contributed by atoms with Crippen molar-refractivity contribution in [2.75, 3.05) is 13.6 Å². The fourth-order valence-electron chi connectivity index (χ4n) is 1.97. The van der Waals surface area contributed by atoms with Gasteiger partial charge in [-0.25, -0.2) is 4.39 Å². The third-order valence-corrected chi connectivity index (χ3v) is 3.64. The summed E-state index contributed by atoms with van der Waals surface area (Å²) >= 11 is 0. The monoisotopic (exact) mass is 292 g/mol. The van der Waals surface area contributed by atoms with Gasteiger partial charge in [0.25, 0.3) is 5.91 Å². The van der Waals surface area contributed by atoms with Crippen molar-refractivity contribution in [1.82, 2.24) is 5.32 Å². The van der Waals surface area contributed by atoms with E-state index in [1.165, 1.54) is 12.1 Å². The average molecular weight is 292 g/mol. The number of likely N-dealkylation sites (N-methyl/N-ethyl adjacent to an activating group) is 1. The molecule has 0 saturated carbocycles. The molecule has 0 fully saturated rings. The molecule has 2 atom stereocenters. The number of nitrogens with one attached hydrogen (secondary N) is 2. The first-order valence-corrected chi connectivity index (χ1v) is 7.05. The fraction of sp³-hybridized carbons (Fsp3) is 0.500. The van der Waals surface area contributed by atoms with Gasteiger partial charge < -0.3 is 10.2 Å². The van der Waals surface area contributed by atoms with Gasteiger partial charge in [-0.05, 0) is 25.0 Å². The second-order valence-corrected chi connectivity index (χ2v) is 5.96. The lowest BCUT2D eigenvalue weighted by atomic mass is 9.90. The Morgan fingerprint density at radius 3 is 2.71 bits per heavy atom. The van der Waals surface area contributed by atoms with E-state index in [1.807, 2.05) is 27.0 Å². The molecule has 1 aromatic rings. The van der Waals surface area contributed by atoms with Crippen molar-refractivity contribution in [3.05, 3.63) is 35.6 Å². The lowest BCUT2D eigenvalue weighted by Gasteiger charge is -2.27. The van der Waals surface area contributed by atoms with Gasteiger partial charge in [0.2, 0.25) is 0 Å². The summed E-state index contributed by atoms with van der Waals surface area (Å²) in [6, 6.07) is 8.50. The zero-order chi connectivity index (χ0) is 16.0. The van der Waals surface area contributed by atoms with Crippen molar-refractivity contribution in [1.29, 1.82) is 5.26 Å². The van der Waals surface area contributed by atoms with Crippen molar-refractivity contribution in [2.24, 2.45) is 5.92 Å². The highest BCUT2D eigenvalue weighted by atomic mass is 19.1. The topological polar surface area (TPSA) is 57.3 Å². The van der Waals surface area contributed by atoms with Crippen LogP contribution in [-0.2, 0) is 11.3 Å². The van der Waals surface area contributed by atoms with Crippen LogP contribution in [-0.4, -0.2) is 25.0 Å². The van der Waals surface area contributed by atoms with Crippen LogP contribution in [0.4, 0.5) is 4.39 Å². The van der Waals surface area contributed by atoms with Gasteiger partial charge in [-0.3, -0.25) is 4.79 Å². The van der Waals surface area contributed by atoms with Crippen LogP contribution in [0.25, 0.3) is 0 Å². The van der Waals surface area contributed by atoms with Crippen LogP contribution in [0.2, 0.25) is 0 Å². The lowest BCUT2D eigenvalue weighted by Crippen LogP contribution is -3.09. The molecule has 0 aliphatic heterocycles. The highest BCUT2D eigenvalue weighted by Gasteiger charge is 2.30. The van der Waals surface area contributed by atoms with Crippen LogP contribution >= 0.6 is 0 Å². The van der Waals surface area contributed by atoms with Gasteiger partial charge in [0.05, 0.1) is 13.1 Å². The minimum absolute atomic E-state index is 0.0231. The molecule has 0 aromatic heterocycles. The third-order valence-electron chi connectivity index (χ3n) is 3.64. The molecule has 1 unspecified atom stereocenters. The molecule has 0 heterocycles. The number of nitriles is 1. The first-order valence-electron chi connectivity index (χ1n) is 7.05. The van der Waals surface area contributed by atoms with Crippen molar-refractivity contribution in [3.8, 4) is 6.07 Å². The fourth-order valence-corrected chi connectivity index (χ4v) is 1.97. The van der Waals surface area contributed by atoms with Gasteiger partial charge in [-0.1, -0.05) is 26.0 Å². The Morgan fingerprint density at radius 1 is 1.52 bits per heavy atom. The Morgan fingerprint density at radius 2 is 2.19 bits per heavy atom. The summed E-state index contributed by atoms with van der Waals surface area (Å²) in [6.45, 7) is 6.30. The Balaban J connectivity index is 2.57. The maximum Gasteiger partial charge on any atom is 0.276 e. The standard InChI is InChI=1S/C16H22FN3O/c1-12(2)16(3,11-18)19-15(21)10-20(4)9-13-6-5-7-14(17)8-13/h5-8,12H,9-10H2,1-4H3,(H,19,21)/p+1/t16-/m0/s1. The van der Waals surface area contributed by atoms with E-state index in [2.05, 4.69) is 11.4 Å². The number of halogens is 1. The van der Waals surface area contributed by atoms with Gasteiger partial charge in [0, 0.05) is 5.56 Å². The Labute approximate surface area is 125 Å². The Bertz CT molecular complexity index is 539. The quantitative estimate of drug-likeness (QED) is 0.818. The van der Waals surface area contributed by atoms with E-state index in [0.717, 1.165) is 10.5 Å². The van der Waals surface area contributed by atoms with Gasteiger partial charge >= 0.3 is 0 Å². The molecular formula is C16H23FN3O+. The smallest absolute Gasteiger partial charge is 0.276 e. The summed E-state index contributed by atoms with van der Waals surface area (Å²) in [5.41, 5.74) is -0.0249. The molecule has 0 bridgehead atoms. The maximum atomic E-state index is 13.1. The molecule has 114 valence electrons. The SMILES string of the molecule is CC(C)[C@](C)(C#N)NC(=O)C[NH+](C)Cc1cccc(F)c1. The van der Waals surface area contributed by atoms with Gasteiger partial charge in [-0.15, -0.1) is 0 Å². The summed E-state index contributed by atoms with van der Waals surface area (Å²) < 4.78 is 13.1. The summed E-state index contributed by atoms with van der Waals surface area (Å²) in [7, 11) is 1.86. The number of hydrogen-bond donors (Lipinski definition) is 2. The number of rotatable bonds is 6. The third kappa shape index (κ3) is 5.16. The lowest BCUT2D eigenvalue weighted by molar-refractivity contribution is -0.885. The van der Waals surface area contributed by atoms with Crippen molar-refractivity contribution < 1.29 is 14.1 Å². The molecule has 0 spiro atoms. The molecule has 1 aromatic carbocycles. The van der Waals surface area contributed by atoms with E-state index in [-0.39, 0.29) is 24.2 Å². The summed E-state index contributed by atoms with van der Waals surface area (Å²) in [4.78, 5) is 13.0. The van der Waals surface area contributed by atoms with Crippen LogP contribution in [0.3, 0.4) is 0 Å². The molecule has 0 aliphatic rings. The molecule has 0 saturated heterocycles. The predicted octanol–water partition coefficient (Wildman–Crippen LogP) is 0.895. The van der Waals surface area contributed by atoms with E-state index in [0.29, 0.717) is 6.54 Å². The van der Waals surface area contributed by atoms with Crippen LogP contribution in [0, 0.1) is 23.1 Å². The van der Waals surface area contributed by atoms with Crippen LogP contribution in [0.1, 0.15) is 26.3 Å². The predicted molar refractivity (Wildman–Crippen MR) is 78.9 cm³/mol. The molecule has 2 N–H and O–H groups in total. The molecule has 0 radical (unpaired) electrons. The Kier molecular flexibility index (Phi) is 5.86. The largest absolute Gasteiger partial charge is 0.333 e. The van der Waals surface area contributed by atoms with Crippen LogP contribution < -0.4 is 10.2 Å². The number of carbonyl (C=O) groups excluding carboxylic acids is 1. The molecular weight excluding hydrogens is 269 g/mol. The van der Waals surface area contributed by atoms with Crippen LogP contribution in [0.5, 0.6) is 0 Å². The molecule has 1 rings (SSSR count). The Hall–Kier alpha value is -1.93. The molecule has 21 heavy (non-hydrogen) atoms. The number of hydrogen-bond acceptors (Lipinski definition) is 2.